The summed E-state index contributed by atoms with van der Waals surface area (Å²) in [5.41, 5.74) is 1.17. The summed E-state index contributed by atoms with van der Waals surface area (Å²) in [7, 11) is 2.10. The van der Waals surface area contributed by atoms with Gasteiger partial charge in [-0.2, -0.15) is 0 Å². The zero-order chi connectivity index (χ0) is 11.5. The Morgan fingerprint density at radius 3 is 2.75 bits per heavy atom. The Balaban J connectivity index is 2.01. The maximum Gasteiger partial charge on any atom is 0.185 e. The number of hydrogen-bond acceptors (Lipinski definition) is 4. The minimum Gasteiger partial charge on any atom is -0.348 e. The van der Waals surface area contributed by atoms with E-state index >= 15 is 0 Å². The van der Waals surface area contributed by atoms with Crippen molar-refractivity contribution in [3.05, 3.63) is 11.1 Å². The summed E-state index contributed by atoms with van der Waals surface area (Å²) in [4.78, 5) is 18.0. The third-order valence-corrected chi connectivity index (χ3v) is 4.24. The van der Waals surface area contributed by atoms with Gasteiger partial charge in [0.1, 0.15) is 5.78 Å². The molecule has 0 N–H and O–H groups in total. The fourth-order valence-corrected chi connectivity index (χ4v) is 3.03. The number of nitrogens with zero attached hydrogens (tertiary/aromatic N) is 2. The van der Waals surface area contributed by atoms with Gasteiger partial charge in [-0.1, -0.05) is 6.92 Å². The summed E-state index contributed by atoms with van der Waals surface area (Å²) < 4.78 is 0. The number of carbonyl (C=O) groups is 1. The van der Waals surface area contributed by atoms with Crippen molar-refractivity contribution in [1.29, 1.82) is 0 Å². The first kappa shape index (κ1) is 11.6. The molecule has 88 valence electrons. The molecule has 1 aromatic heterocycles. The van der Waals surface area contributed by atoms with E-state index in [0.717, 1.165) is 37.2 Å². The van der Waals surface area contributed by atoms with E-state index in [1.54, 1.807) is 11.3 Å². The Morgan fingerprint density at radius 1 is 1.50 bits per heavy atom. The molecule has 1 aliphatic rings. The number of aryl methyl sites for hydroxylation is 1. The van der Waals surface area contributed by atoms with Crippen molar-refractivity contribution in [1.82, 2.24) is 4.98 Å². The van der Waals surface area contributed by atoms with Crippen LogP contribution in [-0.4, -0.2) is 23.9 Å². The number of ketones is 1. The van der Waals surface area contributed by atoms with Crippen molar-refractivity contribution in [3.63, 3.8) is 0 Å². The molecule has 0 bridgehead atoms. The molecule has 1 saturated carbocycles. The molecule has 1 heterocycles. The minimum atomic E-state index is 0.415. The monoisotopic (exact) mass is 238 g/mol. The van der Waals surface area contributed by atoms with Gasteiger partial charge in [-0.15, -0.1) is 11.3 Å². The first-order valence-electron chi connectivity index (χ1n) is 5.89. The van der Waals surface area contributed by atoms with Crippen LogP contribution in [0, 0.1) is 0 Å². The zero-order valence-corrected chi connectivity index (χ0v) is 10.7. The van der Waals surface area contributed by atoms with Crippen molar-refractivity contribution >= 4 is 22.3 Å². The average Bonchev–Trinajstić information content (AvgIpc) is 2.77. The lowest BCUT2D eigenvalue weighted by atomic mass is 9.94. The average molecular weight is 238 g/mol. The molecular formula is C12H18N2OS. The van der Waals surface area contributed by atoms with Gasteiger partial charge in [-0.3, -0.25) is 4.79 Å². The van der Waals surface area contributed by atoms with E-state index < -0.39 is 0 Å². The molecule has 4 heteroatoms. The number of aromatic nitrogens is 1. The Bertz CT molecular complexity index is 365. The predicted octanol–water partition coefficient (Wildman–Crippen LogP) is 2.65. The largest absolute Gasteiger partial charge is 0.348 e. The van der Waals surface area contributed by atoms with Crippen LogP contribution < -0.4 is 4.90 Å². The van der Waals surface area contributed by atoms with E-state index in [-0.39, 0.29) is 0 Å². The molecular weight excluding hydrogens is 220 g/mol. The Labute approximate surface area is 100 Å². The van der Waals surface area contributed by atoms with Gasteiger partial charge in [0.15, 0.2) is 5.13 Å². The van der Waals surface area contributed by atoms with Crippen LogP contribution in [0.25, 0.3) is 0 Å². The molecule has 1 fully saturated rings. The van der Waals surface area contributed by atoms with Gasteiger partial charge in [0.05, 0.1) is 5.69 Å². The lowest BCUT2D eigenvalue weighted by Crippen LogP contribution is -2.35. The number of Topliss-reactive ketones (excluding diaryl/α,β-unsaturated/α-hetero) is 1. The molecule has 0 aliphatic heterocycles. The van der Waals surface area contributed by atoms with Gasteiger partial charge >= 0.3 is 0 Å². The van der Waals surface area contributed by atoms with Gasteiger partial charge in [0.25, 0.3) is 0 Å². The van der Waals surface area contributed by atoms with Crippen molar-refractivity contribution < 1.29 is 4.79 Å². The van der Waals surface area contributed by atoms with Crippen LogP contribution in [-0.2, 0) is 11.2 Å². The van der Waals surface area contributed by atoms with Crippen LogP contribution in [0.5, 0.6) is 0 Å². The molecule has 1 aromatic rings. The highest BCUT2D eigenvalue weighted by Gasteiger charge is 2.23. The van der Waals surface area contributed by atoms with E-state index in [4.69, 9.17) is 0 Å². The molecule has 0 unspecified atom stereocenters. The van der Waals surface area contributed by atoms with Crippen LogP contribution in [0.1, 0.15) is 38.3 Å². The van der Waals surface area contributed by atoms with Crippen LogP contribution in [0.15, 0.2) is 5.38 Å². The Hall–Kier alpha value is -0.900. The molecule has 2 rings (SSSR count). The third kappa shape index (κ3) is 2.43. The fraction of sp³-hybridized carbons (Fsp3) is 0.667. The highest BCUT2D eigenvalue weighted by Crippen LogP contribution is 2.27. The van der Waals surface area contributed by atoms with Crippen LogP contribution in [0.4, 0.5) is 5.13 Å². The van der Waals surface area contributed by atoms with Crippen molar-refractivity contribution in [2.75, 3.05) is 11.9 Å². The lowest BCUT2D eigenvalue weighted by Gasteiger charge is -2.30. The molecule has 0 aromatic carbocycles. The number of thiazole rings is 1. The molecule has 0 saturated heterocycles. The second-order valence-electron chi connectivity index (χ2n) is 4.36. The van der Waals surface area contributed by atoms with E-state index in [9.17, 15) is 4.79 Å². The molecule has 1 aliphatic carbocycles. The summed E-state index contributed by atoms with van der Waals surface area (Å²) in [6.45, 7) is 2.12. The zero-order valence-electron chi connectivity index (χ0n) is 9.90. The molecule has 0 radical (unpaired) electrons. The van der Waals surface area contributed by atoms with E-state index in [0.29, 0.717) is 11.8 Å². The fourth-order valence-electron chi connectivity index (χ4n) is 2.09. The first-order valence-corrected chi connectivity index (χ1v) is 6.77. The maximum absolute atomic E-state index is 11.2. The standard InChI is InChI=1S/C12H18N2OS/c1-3-9-8-16-12(13-9)14(2)10-4-6-11(15)7-5-10/h8,10H,3-7H2,1-2H3. The van der Waals surface area contributed by atoms with Crippen molar-refractivity contribution in [2.45, 2.75) is 45.1 Å². The summed E-state index contributed by atoms with van der Waals surface area (Å²) in [6.07, 6.45) is 4.43. The molecule has 3 nitrogen and oxygen atoms in total. The van der Waals surface area contributed by atoms with Gasteiger partial charge in [-0.25, -0.2) is 4.98 Å². The third-order valence-electron chi connectivity index (χ3n) is 3.26. The van der Waals surface area contributed by atoms with E-state index in [1.165, 1.54) is 5.69 Å². The van der Waals surface area contributed by atoms with E-state index in [1.807, 2.05) is 0 Å². The first-order chi connectivity index (χ1) is 7.70. The van der Waals surface area contributed by atoms with Gasteiger partial charge in [0.2, 0.25) is 0 Å². The Kier molecular flexibility index (Phi) is 3.59. The maximum atomic E-state index is 11.2. The van der Waals surface area contributed by atoms with Gasteiger partial charge in [0, 0.05) is 31.3 Å². The highest BCUT2D eigenvalue weighted by atomic mass is 32.1. The second kappa shape index (κ2) is 4.95. The van der Waals surface area contributed by atoms with E-state index in [2.05, 4.69) is 29.2 Å². The second-order valence-corrected chi connectivity index (χ2v) is 5.19. The smallest absolute Gasteiger partial charge is 0.185 e. The van der Waals surface area contributed by atoms with Crippen LogP contribution >= 0.6 is 11.3 Å². The lowest BCUT2D eigenvalue weighted by molar-refractivity contribution is -0.120. The van der Waals surface area contributed by atoms with Gasteiger partial charge < -0.3 is 4.90 Å². The number of carbonyl (C=O) groups excluding carboxylic acids is 1. The summed E-state index contributed by atoms with van der Waals surface area (Å²) in [5, 5.41) is 3.22. The minimum absolute atomic E-state index is 0.415. The summed E-state index contributed by atoms with van der Waals surface area (Å²) in [6, 6.07) is 0.494. The number of hydrogen-bond donors (Lipinski definition) is 0. The van der Waals surface area contributed by atoms with Gasteiger partial charge in [-0.05, 0) is 19.3 Å². The predicted molar refractivity (Wildman–Crippen MR) is 67.2 cm³/mol. The number of anilines is 1. The highest BCUT2D eigenvalue weighted by molar-refractivity contribution is 7.13. The Morgan fingerprint density at radius 2 is 2.19 bits per heavy atom. The summed E-state index contributed by atoms with van der Waals surface area (Å²) >= 11 is 1.71. The normalized spacial score (nSPS) is 17.8. The molecule has 0 amide bonds. The molecule has 16 heavy (non-hydrogen) atoms. The molecule has 0 atom stereocenters. The van der Waals surface area contributed by atoms with Crippen LogP contribution in [0.2, 0.25) is 0 Å². The SMILES string of the molecule is CCc1csc(N(C)C2CCC(=O)CC2)n1. The van der Waals surface area contributed by atoms with Crippen LogP contribution in [0.3, 0.4) is 0 Å². The quantitative estimate of drug-likeness (QED) is 0.811. The summed E-state index contributed by atoms with van der Waals surface area (Å²) in [5.74, 6) is 0.415. The molecule has 0 spiro atoms. The van der Waals surface area contributed by atoms with Crippen molar-refractivity contribution in [3.8, 4) is 0 Å². The topological polar surface area (TPSA) is 33.2 Å². The van der Waals surface area contributed by atoms with Crippen molar-refractivity contribution in [2.24, 2.45) is 0 Å². The number of rotatable bonds is 3.